The van der Waals surface area contributed by atoms with Crippen LogP contribution >= 0.6 is 0 Å². The zero-order chi connectivity index (χ0) is 25.3. The molecule has 5 nitrogen and oxygen atoms in total. The Hall–Kier alpha value is -2.66. The third kappa shape index (κ3) is 9.48. The summed E-state index contributed by atoms with van der Waals surface area (Å²) >= 11 is 0. The van der Waals surface area contributed by atoms with Crippen LogP contribution in [0.25, 0.3) is 11.1 Å². The first kappa shape index (κ1) is 26.9. The Morgan fingerprint density at radius 1 is 0.943 bits per heavy atom. The Kier molecular flexibility index (Phi) is 9.91. The number of hydrogen-bond donors (Lipinski definition) is 1. The van der Waals surface area contributed by atoms with Crippen molar-refractivity contribution in [3.05, 3.63) is 59.7 Å². The minimum atomic E-state index is -0.467. The molecule has 0 saturated carbocycles. The molecule has 2 aromatic carbocycles. The number of esters is 1. The van der Waals surface area contributed by atoms with E-state index in [9.17, 15) is 9.59 Å². The number of carbonyl (C=O) groups is 2. The van der Waals surface area contributed by atoms with Gasteiger partial charge in [-0.3, -0.25) is 9.59 Å². The van der Waals surface area contributed by atoms with Crippen molar-refractivity contribution in [2.75, 3.05) is 19.6 Å². The Morgan fingerprint density at radius 3 is 2.09 bits per heavy atom. The highest BCUT2D eigenvalue weighted by atomic mass is 16.6. The van der Waals surface area contributed by atoms with Crippen LogP contribution in [0, 0.1) is 0 Å². The van der Waals surface area contributed by atoms with Crippen molar-refractivity contribution in [2.24, 2.45) is 0 Å². The number of benzene rings is 2. The first-order valence-electron chi connectivity index (χ1n) is 13.1. The van der Waals surface area contributed by atoms with Gasteiger partial charge >= 0.3 is 5.97 Å². The fourth-order valence-electron chi connectivity index (χ4n) is 4.52. The molecule has 1 unspecified atom stereocenters. The van der Waals surface area contributed by atoms with Crippen molar-refractivity contribution in [1.82, 2.24) is 10.2 Å². The smallest absolute Gasteiger partial charge is 0.306 e. The summed E-state index contributed by atoms with van der Waals surface area (Å²) in [5.74, 6) is -0.213. The minimum Gasteiger partial charge on any atom is -0.460 e. The maximum atomic E-state index is 12.1. The molecule has 3 rings (SSSR count). The number of ether oxygens (including phenoxy) is 1. The van der Waals surface area contributed by atoms with Crippen molar-refractivity contribution >= 4 is 11.9 Å². The van der Waals surface area contributed by atoms with Gasteiger partial charge in [0.15, 0.2) is 0 Å². The second-order valence-corrected chi connectivity index (χ2v) is 10.7. The van der Waals surface area contributed by atoms with Gasteiger partial charge in [0.25, 0.3) is 0 Å². The van der Waals surface area contributed by atoms with Gasteiger partial charge in [-0.15, -0.1) is 0 Å². The number of likely N-dealkylation sites (tertiary alicyclic amines) is 1. The first-order chi connectivity index (χ1) is 16.7. The van der Waals surface area contributed by atoms with Crippen LogP contribution in [0.3, 0.4) is 0 Å². The van der Waals surface area contributed by atoms with Gasteiger partial charge in [0.05, 0.1) is 0 Å². The van der Waals surface area contributed by atoms with Crippen LogP contribution in [0.1, 0.15) is 70.9 Å². The molecule has 1 atom stereocenters. The highest BCUT2D eigenvalue weighted by Crippen LogP contribution is 2.22. The fourth-order valence-corrected chi connectivity index (χ4v) is 4.52. The molecule has 1 aliphatic heterocycles. The highest BCUT2D eigenvalue weighted by Gasteiger charge is 2.19. The molecule has 35 heavy (non-hydrogen) atoms. The van der Waals surface area contributed by atoms with E-state index in [0.717, 1.165) is 24.6 Å². The number of carbonyl (C=O) groups excluding carboxylic acids is 2. The Balaban J connectivity index is 1.36. The number of amides is 1. The molecule has 0 spiro atoms. The second-order valence-electron chi connectivity index (χ2n) is 10.7. The van der Waals surface area contributed by atoms with Crippen LogP contribution in [-0.2, 0) is 27.2 Å². The van der Waals surface area contributed by atoms with E-state index in [1.54, 1.807) is 0 Å². The lowest BCUT2D eigenvalue weighted by Gasteiger charge is -2.20. The van der Waals surface area contributed by atoms with Crippen LogP contribution in [0.4, 0.5) is 0 Å². The van der Waals surface area contributed by atoms with Crippen LogP contribution in [0.5, 0.6) is 0 Å². The molecular weight excluding hydrogens is 436 g/mol. The molecule has 0 bridgehead atoms. The molecule has 1 fully saturated rings. The molecule has 190 valence electrons. The summed E-state index contributed by atoms with van der Waals surface area (Å²) in [5.41, 5.74) is 4.49. The number of nitrogens with one attached hydrogen (secondary N) is 1. The van der Waals surface area contributed by atoms with Crippen LogP contribution in [-0.4, -0.2) is 48.1 Å². The van der Waals surface area contributed by atoms with Gasteiger partial charge in [0, 0.05) is 32.0 Å². The van der Waals surface area contributed by atoms with Gasteiger partial charge < -0.3 is 15.0 Å². The van der Waals surface area contributed by atoms with Gasteiger partial charge in [0.2, 0.25) is 5.91 Å². The van der Waals surface area contributed by atoms with Crippen molar-refractivity contribution < 1.29 is 14.3 Å². The molecule has 1 heterocycles. The second kappa shape index (κ2) is 12.9. The van der Waals surface area contributed by atoms with Gasteiger partial charge in [-0.2, -0.15) is 0 Å². The standard InChI is InChI=1S/C30H42N2O3/c1-23-7-6-21-32(23)22-19-25-11-16-27(17-12-25)26-14-9-24(10-15-26)13-18-28(33)31-20-5-8-29(34)35-30(2,3)4/h9-12,14-17,23H,5-8,13,18-22H2,1-4H3,(H,31,33). The molecule has 1 amide bonds. The molecule has 0 aromatic heterocycles. The first-order valence-corrected chi connectivity index (χ1v) is 13.1. The Labute approximate surface area is 211 Å². The number of hydrogen-bond acceptors (Lipinski definition) is 4. The summed E-state index contributed by atoms with van der Waals surface area (Å²) < 4.78 is 5.28. The van der Waals surface area contributed by atoms with E-state index >= 15 is 0 Å². The summed E-state index contributed by atoms with van der Waals surface area (Å²) in [6, 6.07) is 18.1. The molecule has 1 N–H and O–H groups in total. The van der Waals surface area contributed by atoms with E-state index < -0.39 is 5.60 Å². The van der Waals surface area contributed by atoms with Gasteiger partial charge in [-0.05, 0) is 88.6 Å². The average molecular weight is 479 g/mol. The van der Waals surface area contributed by atoms with E-state index in [4.69, 9.17) is 4.74 Å². The largest absolute Gasteiger partial charge is 0.460 e. The summed E-state index contributed by atoms with van der Waals surface area (Å²) in [6.07, 6.45) is 5.81. The average Bonchev–Trinajstić information content (AvgIpc) is 3.23. The minimum absolute atomic E-state index is 0.0113. The maximum Gasteiger partial charge on any atom is 0.306 e. The number of rotatable bonds is 11. The predicted molar refractivity (Wildman–Crippen MR) is 142 cm³/mol. The van der Waals surface area contributed by atoms with Crippen molar-refractivity contribution in [1.29, 1.82) is 0 Å². The highest BCUT2D eigenvalue weighted by molar-refractivity contribution is 5.76. The monoisotopic (exact) mass is 478 g/mol. The summed E-state index contributed by atoms with van der Waals surface area (Å²) in [7, 11) is 0. The Bertz CT molecular complexity index is 945. The predicted octanol–water partition coefficient (Wildman–Crippen LogP) is 5.55. The van der Waals surface area contributed by atoms with E-state index in [0.29, 0.717) is 32.2 Å². The zero-order valence-electron chi connectivity index (χ0n) is 21.9. The molecule has 0 aliphatic carbocycles. The summed E-state index contributed by atoms with van der Waals surface area (Å²) in [6.45, 7) is 10.8. The van der Waals surface area contributed by atoms with Crippen molar-refractivity contribution in [2.45, 2.75) is 84.3 Å². The van der Waals surface area contributed by atoms with E-state index in [2.05, 4.69) is 65.7 Å². The van der Waals surface area contributed by atoms with E-state index in [-0.39, 0.29) is 11.9 Å². The van der Waals surface area contributed by atoms with Gasteiger partial charge in [0.1, 0.15) is 5.60 Å². The Morgan fingerprint density at radius 2 is 1.54 bits per heavy atom. The lowest BCUT2D eigenvalue weighted by atomic mass is 10.00. The molecule has 0 radical (unpaired) electrons. The van der Waals surface area contributed by atoms with Crippen LogP contribution in [0.2, 0.25) is 0 Å². The third-order valence-electron chi connectivity index (χ3n) is 6.56. The van der Waals surface area contributed by atoms with Crippen molar-refractivity contribution in [3.8, 4) is 11.1 Å². The normalized spacial score (nSPS) is 16.3. The maximum absolute atomic E-state index is 12.1. The molecule has 5 heteroatoms. The van der Waals surface area contributed by atoms with Gasteiger partial charge in [-0.25, -0.2) is 0 Å². The lowest BCUT2D eigenvalue weighted by Crippen LogP contribution is -2.28. The molecule has 1 saturated heterocycles. The quantitative estimate of drug-likeness (QED) is 0.340. The SMILES string of the molecule is CC1CCCN1CCc1ccc(-c2ccc(CCC(=O)NCCCC(=O)OC(C)(C)C)cc2)cc1. The molecule has 1 aliphatic rings. The van der Waals surface area contributed by atoms with Crippen LogP contribution < -0.4 is 5.32 Å². The van der Waals surface area contributed by atoms with Crippen LogP contribution in [0.15, 0.2) is 48.5 Å². The number of aryl methyl sites for hydroxylation is 1. The fraction of sp³-hybridized carbons (Fsp3) is 0.533. The van der Waals surface area contributed by atoms with E-state index in [1.807, 2.05) is 20.8 Å². The van der Waals surface area contributed by atoms with Gasteiger partial charge in [-0.1, -0.05) is 48.5 Å². The lowest BCUT2D eigenvalue weighted by molar-refractivity contribution is -0.155. The summed E-state index contributed by atoms with van der Waals surface area (Å²) in [5, 5.41) is 2.89. The van der Waals surface area contributed by atoms with Crippen molar-refractivity contribution in [3.63, 3.8) is 0 Å². The summed E-state index contributed by atoms with van der Waals surface area (Å²) in [4.78, 5) is 26.4. The number of nitrogens with zero attached hydrogens (tertiary/aromatic N) is 1. The molecular formula is C30H42N2O3. The zero-order valence-corrected chi connectivity index (χ0v) is 21.9. The topological polar surface area (TPSA) is 58.6 Å². The van der Waals surface area contributed by atoms with E-state index in [1.165, 1.54) is 36.1 Å². The molecule has 2 aromatic rings. The third-order valence-corrected chi connectivity index (χ3v) is 6.56.